The zero-order valence-electron chi connectivity index (χ0n) is 13.2. The van der Waals surface area contributed by atoms with Crippen LogP contribution in [-0.4, -0.2) is 50.1 Å². The van der Waals surface area contributed by atoms with Gasteiger partial charge in [0.25, 0.3) is 0 Å². The van der Waals surface area contributed by atoms with E-state index in [0.717, 1.165) is 12.8 Å². The van der Waals surface area contributed by atoms with Crippen molar-refractivity contribution in [3.63, 3.8) is 0 Å². The standard InChI is InChI=1S/C14H27N3O4/c1-4-21-10-9-16-14(20)13(17-12(3)19)7-5-6-8-15-11(2)18/h13H,4-10H2,1-3H3,(H,15,18)(H,16,20)(H,17,19). The minimum atomic E-state index is -0.540. The molecule has 1 unspecified atom stereocenters. The Morgan fingerprint density at radius 1 is 1.00 bits per heavy atom. The summed E-state index contributed by atoms with van der Waals surface area (Å²) in [4.78, 5) is 33.8. The van der Waals surface area contributed by atoms with Crippen LogP contribution < -0.4 is 16.0 Å². The highest BCUT2D eigenvalue weighted by molar-refractivity contribution is 5.86. The third-order valence-corrected chi connectivity index (χ3v) is 2.74. The van der Waals surface area contributed by atoms with Gasteiger partial charge in [-0.15, -0.1) is 0 Å². The summed E-state index contributed by atoms with van der Waals surface area (Å²) >= 11 is 0. The molecular formula is C14H27N3O4. The van der Waals surface area contributed by atoms with E-state index in [1.165, 1.54) is 13.8 Å². The van der Waals surface area contributed by atoms with Crippen molar-refractivity contribution in [1.82, 2.24) is 16.0 Å². The van der Waals surface area contributed by atoms with Crippen LogP contribution in [0.4, 0.5) is 0 Å². The van der Waals surface area contributed by atoms with Gasteiger partial charge in [0.2, 0.25) is 17.7 Å². The van der Waals surface area contributed by atoms with Gasteiger partial charge in [-0.05, 0) is 26.2 Å². The van der Waals surface area contributed by atoms with Crippen molar-refractivity contribution in [2.24, 2.45) is 0 Å². The summed E-state index contributed by atoms with van der Waals surface area (Å²) in [5.74, 6) is -0.506. The lowest BCUT2D eigenvalue weighted by molar-refractivity contribution is -0.128. The Labute approximate surface area is 126 Å². The molecule has 0 saturated heterocycles. The predicted molar refractivity (Wildman–Crippen MR) is 79.6 cm³/mol. The number of carbonyl (C=O) groups excluding carboxylic acids is 3. The van der Waals surface area contributed by atoms with E-state index in [-0.39, 0.29) is 17.7 Å². The van der Waals surface area contributed by atoms with Gasteiger partial charge in [-0.2, -0.15) is 0 Å². The van der Waals surface area contributed by atoms with Crippen LogP contribution in [0.2, 0.25) is 0 Å². The summed E-state index contributed by atoms with van der Waals surface area (Å²) in [5, 5.41) is 8.07. The average Bonchev–Trinajstić information content (AvgIpc) is 2.41. The summed E-state index contributed by atoms with van der Waals surface area (Å²) in [6.45, 7) is 6.80. The molecule has 0 radical (unpaired) electrons. The number of rotatable bonds is 11. The number of carbonyl (C=O) groups is 3. The fourth-order valence-corrected chi connectivity index (χ4v) is 1.77. The van der Waals surface area contributed by atoms with E-state index in [1.807, 2.05) is 6.92 Å². The lowest BCUT2D eigenvalue weighted by Crippen LogP contribution is -2.46. The van der Waals surface area contributed by atoms with Gasteiger partial charge in [-0.25, -0.2) is 0 Å². The smallest absolute Gasteiger partial charge is 0.242 e. The normalized spacial score (nSPS) is 11.6. The number of hydrogen-bond acceptors (Lipinski definition) is 4. The van der Waals surface area contributed by atoms with E-state index in [2.05, 4.69) is 16.0 Å². The van der Waals surface area contributed by atoms with Crippen LogP contribution in [0.5, 0.6) is 0 Å². The molecule has 21 heavy (non-hydrogen) atoms. The largest absolute Gasteiger partial charge is 0.380 e. The second-order valence-corrected chi connectivity index (χ2v) is 4.72. The molecule has 0 aromatic rings. The molecule has 0 saturated carbocycles. The first kappa shape index (κ1) is 19.4. The molecule has 1 atom stereocenters. The van der Waals surface area contributed by atoms with Gasteiger partial charge in [0.05, 0.1) is 6.61 Å². The molecule has 0 aromatic heterocycles. The Morgan fingerprint density at radius 3 is 2.29 bits per heavy atom. The summed E-state index contributed by atoms with van der Waals surface area (Å²) < 4.78 is 5.14. The molecule has 0 fully saturated rings. The van der Waals surface area contributed by atoms with E-state index >= 15 is 0 Å². The first-order valence-corrected chi connectivity index (χ1v) is 7.34. The summed E-state index contributed by atoms with van der Waals surface area (Å²) in [7, 11) is 0. The minimum Gasteiger partial charge on any atom is -0.380 e. The second-order valence-electron chi connectivity index (χ2n) is 4.72. The quantitative estimate of drug-likeness (QED) is 0.466. The van der Waals surface area contributed by atoms with Crippen molar-refractivity contribution < 1.29 is 19.1 Å². The Hall–Kier alpha value is -1.63. The summed E-state index contributed by atoms with van der Waals surface area (Å²) in [5.41, 5.74) is 0. The van der Waals surface area contributed by atoms with E-state index in [1.54, 1.807) is 0 Å². The SMILES string of the molecule is CCOCCNC(=O)C(CCCCNC(C)=O)NC(C)=O. The lowest BCUT2D eigenvalue weighted by atomic mass is 10.1. The molecule has 7 heteroatoms. The van der Waals surface area contributed by atoms with Gasteiger partial charge in [-0.1, -0.05) is 0 Å². The van der Waals surface area contributed by atoms with Gasteiger partial charge in [0, 0.05) is 33.5 Å². The monoisotopic (exact) mass is 301 g/mol. The molecule has 122 valence electrons. The number of unbranched alkanes of at least 4 members (excludes halogenated alkanes) is 1. The maximum absolute atomic E-state index is 12.0. The fourth-order valence-electron chi connectivity index (χ4n) is 1.77. The lowest BCUT2D eigenvalue weighted by Gasteiger charge is -2.17. The molecule has 3 N–H and O–H groups in total. The Morgan fingerprint density at radius 2 is 1.71 bits per heavy atom. The molecule has 0 heterocycles. The Bertz CT molecular complexity index is 334. The van der Waals surface area contributed by atoms with Crippen molar-refractivity contribution >= 4 is 17.7 Å². The van der Waals surface area contributed by atoms with Crippen LogP contribution in [-0.2, 0) is 19.1 Å². The number of hydrogen-bond donors (Lipinski definition) is 3. The first-order valence-electron chi connectivity index (χ1n) is 7.34. The van der Waals surface area contributed by atoms with Crippen LogP contribution in [0.15, 0.2) is 0 Å². The maximum atomic E-state index is 12.0. The van der Waals surface area contributed by atoms with Crippen molar-refractivity contribution in [1.29, 1.82) is 0 Å². The highest BCUT2D eigenvalue weighted by Gasteiger charge is 2.18. The van der Waals surface area contributed by atoms with Crippen molar-refractivity contribution in [2.45, 2.75) is 46.1 Å². The molecular weight excluding hydrogens is 274 g/mol. The molecule has 0 bridgehead atoms. The van der Waals surface area contributed by atoms with Crippen LogP contribution >= 0.6 is 0 Å². The van der Waals surface area contributed by atoms with E-state index in [0.29, 0.717) is 32.7 Å². The zero-order valence-corrected chi connectivity index (χ0v) is 13.2. The minimum absolute atomic E-state index is 0.0675. The molecule has 7 nitrogen and oxygen atoms in total. The van der Waals surface area contributed by atoms with E-state index < -0.39 is 6.04 Å². The molecule has 0 spiro atoms. The van der Waals surface area contributed by atoms with Crippen molar-refractivity contribution in [2.75, 3.05) is 26.3 Å². The third-order valence-electron chi connectivity index (χ3n) is 2.74. The molecule has 0 aromatic carbocycles. The van der Waals surface area contributed by atoms with Crippen LogP contribution in [0.3, 0.4) is 0 Å². The van der Waals surface area contributed by atoms with Crippen LogP contribution in [0.1, 0.15) is 40.0 Å². The fraction of sp³-hybridized carbons (Fsp3) is 0.786. The van der Waals surface area contributed by atoms with Gasteiger partial charge >= 0.3 is 0 Å². The Balaban J connectivity index is 4.03. The predicted octanol–water partition coefficient (Wildman–Crippen LogP) is -0.0498. The van der Waals surface area contributed by atoms with Crippen LogP contribution in [0.25, 0.3) is 0 Å². The molecule has 0 rings (SSSR count). The van der Waals surface area contributed by atoms with Crippen molar-refractivity contribution in [3.8, 4) is 0 Å². The molecule has 0 aliphatic heterocycles. The van der Waals surface area contributed by atoms with Gasteiger partial charge < -0.3 is 20.7 Å². The molecule has 3 amide bonds. The summed E-state index contributed by atoms with van der Waals surface area (Å²) in [6.07, 6.45) is 2.05. The van der Waals surface area contributed by atoms with Gasteiger partial charge in [-0.3, -0.25) is 14.4 Å². The molecule has 0 aliphatic rings. The van der Waals surface area contributed by atoms with Crippen molar-refractivity contribution in [3.05, 3.63) is 0 Å². The van der Waals surface area contributed by atoms with Gasteiger partial charge in [0.15, 0.2) is 0 Å². The average molecular weight is 301 g/mol. The zero-order chi connectivity index (χ0) is 16.1. The van der Waals surface area contributed by atoms with E-state index in [4.69, 9.17) is 4.74 Å². The number of amides is 3. The number of nitrogens with one attached hydrogen (secondary N) is 3. The van der Waals surface area contributed by atoms with Gasteiger partial charge in [0.1, 0.15) is 6.04 Å². The molecule has 0 aliphatic carbocycles. The second kappa shape index (κ2) is 12.1. The first-order chi connectivity index (χ1) is 9.97. The third kappa shape index (κ3) is 11.9. The summed E-state index contributed by atoms with van der Waals surface area (Å²) in [6, 6.07) is -0.540. The Kier molecular flexibility index (Phi) is 11.2. The highest BCUT2D eigenvalue weighted by Crippen LogP contribution is 2.01. The highest BCUT2D eigenvalue weighted by atomic mass is 16.5. The maximum Gasteiger partial charge on any atom is 0.242 e. The number of ether oxygens (including phenoxy) is 1. The van der Waals surface area contributed by atoms with E-state index in [9.17, 15) is 14.4 Å². The topological polar surface area (TPSA) is 96.5 Å². The van der Waals surface area contributed by atoms with Crippen LogP contribution in [0, 0.1) is 0 Å².